The highest BCUT2D eigenvalue weighted by atomic mass is 16.3. The molecule has 1 fully saturated rings. The molecule has 4 rings (SSSR count). The first kappa shape index (κ1) is 15.3. The standard InChI is InChI=1S/C18H22N4O2/c1-13-11-21(17(23)18(24)9-5-6-10-18)12-15-19-20-16(22(13)15)14-7-3-2-4-8-14/h2-4,7-8,13,24H,5-6,9-12H2,1H3/t13-/m0/s1. The molecule has 6 nitrogen and oxygen atoms in total. The third kappa shape index (κ3) is 2.41. The number of fused-ring (bicyclic) bond motifs is 1. The minimum absolute atomic E-state index is 0.0768. The van der Waals surface area contributed by atoms with E-state index in [1.165, 1.54) is 0 Å². The zero-order chi connectivity index (χ0) is 16.7. The van der Waals surface area contributed by atoms with Crippen LogP contribution in [0.15, 0.2) is 30.3 Å². The fraction of sp³-hybridized carbons (Fsp3) is 0.500. The molecule has 0 spiro atoms. The molecule has 126 valence electrons. The van der Waals surface area contributed by atoms with E-state index in [2.05, 4.69) is 21.7 Å². The van der Waals surface area contributed by atoms with Gasteiger partial charge in [-0.2, -0.15) is 0 Å². The predicted octanol–water partition coefficient (Wildman–Crippen LogP) is 2.15. The summed E-state index contributed by atoms with van der Waals surface area (Å²) in [6.07, 6.45) is 2.97. The molecule has 1 aromatic heterocycles. The summed E-state index contributed by atoms with van der Waals surface area (Å²) in [6, 6.07) is 10.0. The zero-order valence-electron chi connectivity index (χ0n) is 13.9. The van der Waals surface area contributed by atoms with Gasteiger partial charge in [0.25, 0.3) is 5.91 Å². The van der Waals surface area contributed by atoms with E-state index in [1.807, 2.05) is 30.3 Å². The first-order chi connectivity index (χ1) is 11.6. The van der Waals surface area contributed by atoms with Gasteiger partial charge in [0, 0.05) is 12.1 Å². The molecular formula is C18H22N4O2. The number of aliphatic hydroxyl groups is 1. The highest BCUT2D eigenvalue weighted by molar-refractivity contribution is 5.85. The number of amides is 1. The lowest BCUT2D eigenvalue weighted by Crippen LogP contribution is -2.50. The van der Waals surface area contributed by atoms with Crippen LogP contribution in [0.4, 0.5) is 0 Å². The molecule has 1 aliphatic heterocycles. The quantitative estimate of drug-likeness (QED) is 0.918. The second kappa shape index (κ2) is 5.70. The second-order valence-corrected chi connectivity index (χ2v) is 6.95. The Morgan fingerprint density at radius 3 is 2.62 bits per heavy atom. The highest BCUT2D eigenvalue weighted by Gasteiger charge is 2.43. The number of hydrogen-bond acceptors (Lipinski definition) is 4. The van der Waals surface area contributed by atoms with E-state index < -0.39 is 5.60 Å². The minimum atomic E-state index is -1.18. The Morgan fingerprint density at radius 2 is 1.92 bits per heavy atom. The fourth-order valence-corrected chi connectivity index (χ4v) is 3.94. The Labute approximate surface area is 141 Å². The van der Waals surface area contributed by atoms with Crippen molar-refractivity contribution in [1.29, 1.82) is 0 Å². The number of carbonyl (C=O) groups is 1. The molecule has 1 amide bonds. The third-order valence-electron chi connectivity index (χ3n) is 5.17. The average molecular weight is 326 g/mol. The number of aromatic nitrogens is 3. The first-order valence-electron chi connectivity index (χ1n) is 8.59. The Kier molecular flexibility index (Phi) is 3.64. The molecule has 1 saturated carbocycles. The molecule has 0 bridgehead atoms. The Bertz CT molecular complexity index is 750. The third-order valence-corrected chi connectivity index (χ3v) is 5.17. The molecule has 1 N–H and O–H groups in total. The van der Waals surface area contributed by atoms with E-state index in [4.69, 9.17) is 0 Å². The van der Waals surface area contributed by atoms with Crippen molar-refractivity contribution in [1.82, 2.24) is 19.7 Å². The highest BCUT2D eigenvalue weighted by Crippen LogP contribution is 2.34. The Hall–Kier alpha value is -2.21. The number of nitrogens with zero attached hydrogens (tertiary/aromatic N) is 4. The van der Waals surface area contributed by atoms with Gasteiger partial charge < -0.3 is 14.6 Å². The number of benzene rings is 1. The summed E-state index contributed by atoms with van der Waals surface area (Å²) in [7, 11) is 0. The lowest BCUT2D eigenvalue weighted by Gasteiger charge is -2.36. The fourth-order valence-electron chi connectivity index (χ4n) is 3.94. The van der Waals surface area contributed by atoms with E-state index in [9.17, 15) is 9.90 Å². The molecule has 1 aromatic carbocycles. The first-order valence-corrected chi connectivity index (χ1v) is 8.59. The summed E-state index contributed by atoms with van der Waals surface area (Å²) in [5.74, 6) is 1.47. The number of hydrogen-bond donors (Lipinski definition) is 1. The Morgan fingerprint density at radius 1 is 1.21 bits per heavy atom. The smallest absolute Gasteiger partial charge is 0.255 e. The van der Waals surface area contributed by atoms with Crippen molar-refractivity contribution >= 4 is 5.91 Å². The molecule has 2 aromatic rings. The van der Waals surface area contributed by atoms with Gasteiger partial charge in [-0.05, 0) is 32.6 Å². The van der Waals surface area contributed by atoms with Crippen molar-refractivity contribution in [2.45, 2.75) is 50.8 Å². The lowest BCUT2D eigenvalue weighted by molar-refractivity contribution is -0.152. The molecule has 0 unspecified atom stereocenters. The summed E-state index contributed by atoms with van der Waals surface area (Å²) in [4.78, 5) is 14.5. The van der Waals surface area contributed by atoms with Crippen LogP contribution >= 0.6 is 0 Å². The summed E-state index contributed by atoms with van der Waals surface area (Å²) in [5.41, 5.74) is -0.151. The van der Waals surface area contributed by atoms with E-state index in [0.717, 1.165) is 30.1 Å². The molecule has 2 aliphatic rings. The molecule has 24 heavy (non-hydrogen) atoms. The topological polar surface area (TPSA) is 71.2 Å². The van der Waals surface area contributed by atoms with E-state index in [1.54, 1.807) is 4.90 Å². The van der Waals surface area contributed by atoms with Crippen LogP contribution in [0.5, 0.6) is 0 Å². The molecule has 6 heteroatoms. The summed E-state index contributed by atoms with van der Waals surface area (Å²) >= 11 is 0. The minimum Gasteiger partial charge on any atom is -0.380 e. The van der Waals surface area contributed by atoms with Crippen molar-refractivity contribution in [2.24, 2.45) is 0 Å². The monoisotopic (exact) mass is 326 g/mol. The number of carbonyl (C=O) groups excluding carboxylic acids is 1. The molecule has 1 atom stereocenters. The van der Waals surface area contributed by atoms with Crippen LogP contribution < -0.4 is 0 Å². The van der Waals surface area contributed by atoms with Crippen LogP contribution in [0, 0.1) is 0 Å². The van der Waals surface area contributed by atoms with Gasteiger partial charge in [-0.25, -0.2) is 0 Å². The van der Waals surface area contributed by atoms with E-state index in [0.29, 0.717) is 25.9 Å². The largest absolute Gasteiger partial charge is 0.380 e. The van der Waals surface area contributed by atoms with Crippen LogP contribution in [0.3, 0.4) is 0 Å². The van der Waals surface area contributed by atoms with Gasteiger partial charge in [-0.15, -0.1) is 10.2 Å². The van der Waals surface area contributed by atoms with Gasteiger partial charge in [0.1, 0.15) is 5.60 Å². The maximum atomic E-state index is 12.8. The van der Waals surface area contributed by atoms with Gasteiger partial charge in [-0.3, -0.25) is 4.79 Å². The Balaban J connectivity index is 1.63. The van der Waals surface area contributed by atoms with Crippen LogP contribution in [-0.2, 0) is 11.3 Å². The molecular weight excluding hydrogens is 304 g/mol. The van der Waals surface area contributed by atoms with Crippen molar-refractivity contribution < 1.29 is 9.90 Å². The maximum absolute atomic E-state index is 12.8. The van der Waals surface area contributed by atoms with Crippen LogP contribution in [-0.4, -0.2) is 42.8 Å². The van der Waals surface area contributed by atoms with Crippen LogP contribution in [0.2, 0.25) is 0 Å². The van der Waals surface area contributed by atoms with Crippen molar-refractivity contribution in [3.8, 4) is 11.4 Å². The zero-order valence-corrected chi connectivity index (χ0v) is 13.9. The van der Waals surface area contributed by atoms with Crippen molar-refractivity contribution in [3.63, 3.8) is 0 Å². The predicted molar refractivity (Wildman–Crippen MR) is 89.0 cm³/mol. The normalized spacial score (nSPS) is 22.4. The van der Waals surface area contributed by atoms with Crippen LogP contribution in [0.1, 0.15) is 44.5 Å². The maximum Gasteiger partial charge on any atom is 0.255 e. The molecule has 2 heterocycles. The second-order valence-electron chi connectivity index (χ2n) is 6.95. The van der Waals surface area contributed by atoms with Crippen LogP contribution in [0.25, 0.3) is 11.4 Å². The van der Waals surface area contributed by atoms with Gasteiger partial charge >= 0.3 is 0 Å². The van der Waals surface area contributed by atoms with E-state index >= 15 is 0 Å². The summed E-state index contributed by atoms with van der Waals surface area (Å²) < 4.78 is 2.11. The molecule has 1 aliphatic carbocycles. The summed E-state index contributed by atoms with van der Waals surface area (Å²) in [6.45, 7) is 3.05. The van der Waals surface area contributed by atoms with Crippen molar-refractivity contribution in [3.05, 3.63) is 36.2 Å². The molecule has 0 radical (unpaired) electrons. The van der Waals surface area contributed by atoms with Gasteiger partial charge in [0.05, 0.1) is 12.6 Å². The summed E-state index contributed by atoms with van der Waals surface area (Å²) in [5, 5.41) is 19.2. The van der Waals surface area contributed by atoms with Gasteiger partial charge in [-0.1, -0.05) is 30.3 Å². The number of rotatable bonds is 2. The van der Waals surface area contributed by atoms with Crippen molar-refractivity contribution in [2.75, 3.05) is 6.54 Å². The SMILES string of the molecule is C[C@H]1CN(C(=O)C2(O)CCCC2)Cc2nnc(-c3ccccc3)n21. The van der Waals surface area contributed by atoms with Gasteiger partial charge in [0.2, 0.25) is 0 Å². The lowest BCUT2D eigenvalue weighted by atomic mass is 9.99. The molecule has 0 saturated heterocycles. The average Bonchev–Trinajstić information content (AvgIpc) is 3.22. The van der Waals surface area contributed by atoms with Gasteiger partial charge in [0.15, 0.2) is 11.6 Å². The van der Waals surface area contributed by atoms with E-state index in [-0.39, 0.29) is 11.9 Å².